The summed E-state index contributed by atoms with van der Waals surface area (Å²) in [6.07, 6.45) is -3.77. The molecule has 2 amide bonds. The van der Waals surface area contributed by atoms with E-state index in [4.69, 9.17) is 0 Å². The molecule has 1 aromatic rings. The summed E-state index contributed by atoms with van der Waals surface area (Å²) in [6.45, 7) is 5.52. The van der Waals surface area contributed by atoms with Crippen LogP contribution < -0.4 is 10.6 Å². The zero-order valence-electron chi connectivity index (χ0n) is 13.8. The highest BCUT2D eigenvalue weighted by molar-refractivity contribution is 5.91. The Morgan fingerprint density at radius 1 is 1.29 bits per heavy atom. The molecule has 0 aromatic heterocycles. The molecule has 0 saturated carbocycles. The number of rotatable bonds is 3. The summed E-state index contributed by atoms with van der Waals surface area (Å²) in [5, 5.41) is 5.36. The molecule has 1 fully saturated rings. The first-order valence-corrected chi connectivity index (χ1v) is 7.75. The predicted octanol–water partition coefficient (Wildman–Crippen LogP) is 3.19. The highest BCUT2D eigenvalue weighted by Crippen LogP contribution is 2.36. The molecule has 0 spiro atoms. The molecule has 132 valence electrons. The lowest BCUT2D eigenvalue weighted by molar-refractivity contribution is -0.137. The molecule has 2 rings (SSSR count). The van der Waals surface area contributed by atoms with Gasteiger partial charge in [-0.1, -0.05) is 32.9 Å². The van der Waals surface area contributed by atoms with E-state index in [2.05, 4.69) is 10.6 Å². The number of hydrogen-bond acceptors (Lipinski definition) is 2. The minimum Gasteiger partial charge on any atom is -0.347 e. The van der Waals surface area contributed by atoms with Gasteiger partial charge in [0.15, 0.2) is 0 Å². The molecule has 24 heavy (non-hydrogen) atoms. The van der Waals surface area contributed by atoms with Crippen LogP contribution in [0, 0.1) is 5.41 Å². The second-order valence-electron chi connectivity index (χ2n) is 7.09. The van der Waals surface area contributed by atoms with Crippen molar-refractivity contribution in [1.82, 2.24) is 10.6 Å². The SMILES string of the molecule is CC(C)(C)[C@@H](NC(=O)[C@@H]1CCC(=O)N1)c1cccc(C(F)(F)F)c1. The minimum absolute atomic E-state index is 0.193. The van der Waals surface area contributed by atoms with Crippen LogP contribution in [0.4, 0.5) is 13.2 Å². The molecule has 0 aliphatic carbocycles. The highest BCUT2D eigenvalue weighted by Gasteiger charge is 2.35. The van der Waals surface area contributed by atoms with Gasteiger partial charge in [0.1, 0.15) is 6.04 Å². The van der Waals surface area contributed by atoms with Gasteiger partial charge in [0.25, 0.3) is 0 Å². The van der Waals surface area contributed by atoms with Crippen molar-refractivity contribution in [3.05, 3.63) is 35.4 Å². The third kappa shape index (κ3) is 4.27. The van der Waals surface area contributed by atoms with Crippen molar-refractivity contribution < 1.29 is 22.8 Å². The van der Waals surface area contributed by atoms with Gasteiger partial charge < -0.3 is 10.6 Å². The van der Waals surface area contributed by atoms with E-state index >= 15 is 0 Å². The smallest absolute Gasteiger partial charge is 0.347 e. The van der Waals surface area contributed by atoms with Crippen LogP contribution in [0.5, 0.6) is 0 Å². The number of carbonyl (C=O) groups is 2. The molecular weight excluding hydrogens is 321 g/mol. The van der Waals surface area contributed by atoms with Crippen molar-refractivity contribution in [2.24, 2.45) is 5.41 Å². The monoisotopic (exact) mass is 342 g/mol. The molecular formula is C17H21F3N2O2. The van der Waals surface area contributed by atoms with Crippen LogP contribution in [-0.2, 0) is 15.8 Å². The Labute approximate surface area is 138 Å². The third-order valence-electron chi connectivity index (χ3n) is 4.01. The van der Waals surface area contributed by atoms with Crippen LogP contribution in [0.15, 0.2) is 24.3 Å². The number of nitrogens with one attached hydrogen (secondary N) is 2. The summed E-state index contributed by atoms with van der Waals surface area (Å²) in [5.74, 6) is -0.570. The first-order valence-electron chi connectivity index (χ1n) is 7.75. The second-order valence-corrected chi connectivity index (χ2v) is 7.09. The molecule has 1 heterocycles. The molecule has 1 saturated heterocycles. The van der Waals surface area contributed by atoms with E-state index in [-0.39, 0.29) is 18.2 Å². The van der Waals surface area contributed by atoms with Gasteiger partial charge >= 0.3 is 6.18 Å². The van der Waals surface area contributed by atoms with Gasteiger partial charge in [-0.3, -0.25) is 9.59 Å². The standard InChI is InChI=1S/C17H21F3N2O2/c1-16(2,3)14(22-15(24)12-7-8-13(23)21-12)10-5-4-6-11(9-10)17(18,19)20/h4-6,9,12,14H,7-8H2,1-3H3,(H,21,23)(H,22,24)/t12-,14-/m0/s1. The van der Waals surface area contributed by atoms with E-state index in [1.54, 1.807) is 6.07 Å². The number of carbonyl (C=O) groups excluding carboxylic acids is 2. The molecule has 7 heteroatoms. The topological polar surface area (TPSA) is 58.2 Å². The van der Waals surface area contributed by atoms with Gasteiger partial charge in [-0.2, -0.15) is 13.2 Å². The summed E-state index contributed by atoms with van der Waals surface area (Å²) in [7, 11) is 0. The van der Waals surface area contributed by atoms with Crippen molar-refractivity contribution in [3.8, 4) is 0 Å². The molecule has 1 aliphatic heterocycles. The lowest BCUT2D eigenvalue weighted by Crippen LogP contribution is -2.46. The normalized spacial score (nSPS) is 19.8. The number of halogens is 3. The van der Waals surface area contributed by atoms with Crippen LogP contribution in [-0.4, -0.2) is 17.9 Å². The fourth-order valence-corrected chi connectivity index (χ4v) is 2.75. The molecule has 4 nitrogen and oxygen atoms in total. The van der Waals surface area contributed by atoms with E-state index in [0.29, 0.717) is 12.0 Å². The van der Waals surface area contributed by atoms with E-state index in [9.17, 15) is 22.8 Å². The van der Waals surface area contributed by atoms with E-state index in [0.717, 1.165) is 12.1 Å². The molecule has 0 unspecified atom stereocenters. The quantitative estimate of drug-likeness (QED) is 0.886. The molecule has 0 radical (unpaired) electrons. The average molecular weight is 342 g/mol. The van der Waals surface area contributed by atoms with E-state index in [1.807, 2.05) is 20.8 Å². The van der Waals surface area contributed by atoms with Gasteiger partial charge in [-0.15, -0.1) is 0 Å². The van der Waals surface area contributed by atoms with E-state index < -0.39 is 29.2 Å². The van der Waals surface area contributed by atoms with Crippen LogP contribution in [0.1, 0.15) is 50.8 Å². The van der Waals surface area contributed by atoms with Crippen LogP contribution in [0.2, 0.25) is 0 Å². The van der Waals surface area contributed by atoms with Crippen molar-refractivity contribution >= 4 is 11.8 Å². The lowest BCUT2D eigenvalue weighted by atomic mass is 9.81. The first-order chi connectivity index (χ1) is 11.0. The minimum atomic E-state index is -4.44. The number of amides is 2. The summed E-state index contributed by atoms with van der Waals surface area (Å²) >= 11 is 0. The Kier molecular flexibility index (Phi) is 4.92. The maximum Gasteiger partial charge on any atom is 0.416 e. The van der Waals surface area contributed by atoms with Crippen molar-refractivity contribution in [1.29, 1.82) is 0 Å². The zero-order valence-corrected chi connectivity index (χ0v) is 13.8. The highest BCUT2D eigenvalue weighted by atomic mass is 19.4. The second kappa shape index (κ2) is 6.45. The Morgan fingerprint density at radius 3 is 2.46 bits per heavy atom. The Bertz CT molecular complexity index is 635. The van der Waals surface area contributed by atoms with Gasteiger partial charge in [0.05, 0.1) is 11.6 Å². The van der Waals surface area contributed by atoms with Crippen molar-refractivity contribution in [3.63, 3.8) is 0 Å². The zero-order chi connectivity index (χ0) is 18.1. The van der Waals surface area contributed by atoms with E-state index in [1.165, 1.54) is 6.07 Å². The number of alkyl halides is 3. The third-order valence-corrected chi connectivity index (χ3v) is 4.01. The first kappa shape index (κ1) is 18.3. The Morgan fingerprint density at radius 2 is 1.96 bits per heavy atom. The van der Waals surface area contributed by atoms with Crippen LogP contribution >= 0.6 is 0 Å². The predicted molar refractivity (Wildman–Crippen MR) is 82.9 cm³/mol. The van der Waals surface area contributed by atoms with Crippen molar-refractivity contribution in [2.75, 3.05) is 0 Å². The maximum atomic E-state index is 12.9. The molecule has 2 N–H and O–H groups in total. The van der Waals surface area contributed by atoms with Crippen molar-refractivity contribution in [2.45, 2.75) is 51.9 Å². The summed E-state index contributed by atoms with van der Waals surface area (Å²) in [6, 6.07) is 3.73. The largest absolute Gasteiger partial charge is 0.416 e. The van der Waals surface area contributed by atoms with Crippen LogP contribution in [0.25, 0.3) is 0 Å². The fourth-order valence-electron chi connectivity index (χ4n) is 2.75. The fraction of sp³-hybridized carbons (Fsp3) is 0.529. The van der Waals surface area contributed by atoms with Gasteiger partial charge in [-0.05, 0) is 29.5 Å². The molecule has 1 aromatic carbocycles. The molecule has 0 bridgehead atoms. The van der Waals surface area contributed by atoms with Gasteiger partial charge in [0.2, 0.25) is 11.8 Å². The summed E-state index contributed by atoms with van der Waals surface area (Å²) in [5.41, 5.74) is -0.865. The Balaban J connectivity index is 2.26. The molecule has 2 atom stereocenters. The number of benzene rings is 1. The summed E-state index contributed by atoms with van der Waals surface area (Å²) < 4.78 is 38.8. The average Bonchev–Trinajstić information content (AvgIpc) is 2.89. The summed E-state index contributed by atoms with van der Waals surface area (Å²) in [4.78, 5) is 23.6. The maximum absolute atomic E-state index is 12.9. The lowest BCUT2D eigenvalue weighted by Gasteiger charge is -2.33. The Hall–Kier alpha value is -2.05. The van der Waals surface area contributed by atoms with Crippen LogP contribution in [0.3, 0.4) is 0 Å². The van der Waals surface area contributed by atoms with Gasteiger partial charge in [-0.25, -0.2) is 0 Å². The van der Waals surface area contributed by atoms with Gasteiger partial charge in [0, 0.05) is 6.42 Å². The molecule has 1 aliphatic rings. The number of hydrogen-bond donors (Lipinski definition) is 2.